The summed E-state index contributed by atoms with van der Waals surface area (Å²) >= 11 is 0. The molecule has 0 bridgehead atoms. The number of hydrogen-bond acceptors (Lipinski definition) is 4. The summed E-state index contributed by atoms with van der Waals surface area (Å²) in [4.78, 5) is 6.22. The van der Waals surface area contributed by atoms with E-state index in [-0.39, 0.29) is 19.3 Å². The number of aliphatic hydroxyl groups excluding tert-OH is 2. The normalized spacial score (nSPS) is 20.9. The molecule has 0 aliphatic carbocycles. The van der Waals surface area contributed by atoms with Crippen molar-refractivity contribution in [2.45, 2.75) is 25.5 Å². The molecule has 4 nitrogen and oxygen atoms in total. The van der Waals surface area contributed by atoms with E-state index in [1.54, 1.807) is 6.20 Å². The monoisotopic (exact) mass is 208 g/mol. The minimum atomic E-state index is -0.0362. The minimum absolute atomic E-state index is 0.0362. The van der Waals surface area contributed by atoms with E-state index in [0.29, 0.717) is 5.69 Å². The summed E-state index contributed by atoms with van der Waals surface area (Å²) in [5.74, 6) is 0. The zero-order valence-electron chi connectivity index (χ0n) is 8.63. The van der Waals surface area contributed by atoms with Gasteiger partial charge in [-0.3, -0.25) is 4.98 Å². The second-order valence-electron chi connectivity index (χ2n) is 3.84. The van der Waals surface area contributed by atoms with Gasteiger partial charge in [-0.2, -0.15) is 0 Å². The average molecular weight is 208 g/mol. The number of aliphatic hydroxyl groups is 2. The van der Waals surface area contributed by atoms with Crippen LogP contribution in [0.4, 0.5) is 5.69 Å². The Labute approximate surface area is 89.2 Å². The van der Waals surface area contributed by atoms with Crippen molar-refractivity contribution in [3.05, 3.63) is 24.0 Å². The van der Waals surface area contributed by atoms with Crippen LogP contribution in [-0.2, 0) is 6.61 Å². The van der Waals surface area contributed by atoms with Gasteiger partial charge in [0.2, 0.25) is 0 Å². The highest BCUT2D eigenvalue weighted by atomic mass is 16.3. The van der Waals surface area contributed by atoms with Crippen molar-refractivity contribution in [1.29, 1.82) is 0 Å². The molecule has 1 atom stereocenters. The van der Waals surface area contributed by atoms with Gasteiger partial charge in [-0.25, -0.2) is 0 Å². The second-order valence-corrected chi connectivity index (χ2v) is 3.84. The molecule has 2 rings (SSSR count). The number of aromatic nitrogens is 1. The van der Waals surface area contributed by atoms with Crippen LogP contribution in [0.25, 0.3) is 0 Å². The zero-order chi connectivity index (χ0) is 10.7. The van der Waals surface area contributed by atoms with Crippen LogP contribution in [-0.4, -0.2) is 34.4 Å². The van der Waals surface area contributed by atoms with E-state index < -0.39 is 0 Å². The van der Waals surface area contributed by atoms with Gasteiger partial charge in [0.15, 0.2) is 0 Å². The molecule has 1 fully saturated rings. The van der Waals surface area contributed by atoms with E-state index >= 15 is 0 Å². The van der Waals surface area contributed by atoms with Crippen molar-refractivity contribution in [2.75, 3.05) is 18.1 Å². The molecule has 4 heteroatoms. The van der Waals surface area contributed by atoms with Crippen LogP contribution >= 0.6 is 0 Å². The van der Waals surface area contributed by atoms with Gasteiger partial charge >= 0.3 is 0 Å². The van der Waals surface area contributed by atoms with Crippen molar-refractivity contribution in [3.8, 4) is 0 Å². The minimum Gasteiger partial charge on any atom is -0.394 e. The summed E-state index contributed by atoms with van der Waals surface area (Å²) in [6, 6.07) is 4.03. The summed E-state index contributed by atoms with van der Waals surface area (Å²) in [6.07, 6.45) is 3.85. The maximum Gasteiger partial charge on any atom is 0.0853 e. The lowest BCUT2D eigenvalue weighted by Crippen LogP contribution is -2.32. The van der Waals surface area contributed by atoms with E-state index in [4.69, 9.17) is 5.11 Å². The lowest BCUT2D eigenvalue weighted by Gasteiger charge is -2.25. The van der Waals surface area contributed by atoms with Crippen molar-refractivity contribution in [1.82, 2.24) is 4.98 Å². The van der Waals surface area contributed by atoms with Gasteiger partial charge in [0.25, 0.3) is 0 Å². The second kappa shape index (κ2) is 4.59. The van der Waals surface area contributed by atoms with E-state index in [9.17, 15) is 5.11 Å². The highest BCUT2D eigenvalue weighted by molar-refractivity contribution is 5.48. The van der Waals surface area contributed by atoms with Crippen molar-refractivity contribution < 1.29 is 10.2 Å². The first-order valence-corrected chi connectivity index (χ1v) is 5.28. The van der Waals surface area contributed by atoms with Crippen LogP contribution in [0.5, 0.6) is 0 Å². The number of anilines is 1. The Balaban J connectivity index is 2.20. The SMILES string of the molecule is OCc1cc(N2CCCC2CO)ccn1. The van der Waals surface area contributed by atoms with E-state index in [1.165, 1.54) is 0 Å². The van der Waals surface area contributed by atoms with Gasteiger partial charge in [-0.15, -0.1) is 0 Å². The number of pyridine rings is 1. The number of hydrogen-bond donors (Lipinski definition) is 2. The predicted octanol–water partition coefficient (Wildman–Crippen LogP) is 0.535. The van der Waals surface area contributed by atoms with Gasteiger partial charge in [0, 0.05) is 18.4 Å². The number of nitrogens with zero attached hydrogens (tertiary/aromatic N) is 2. The molecular weight excluding hydrogens is 192 g/mol. The average Bonchev–Trinajstić information content (AvgIpc) is 2.77. The third kappa shape index (κ3) is 2.11. The lowest BCUT2D eigenvalue weighted by molar-refractivity contribution is 0.266. The molecule has 2 N–H and O–H groups in total. The molecule has 0 saturated carbocycles. The van der Waals surface area contributed by atoms with E-state index in [2.05, 4.69) is 9.88 Å². The predicted molar refractivity (Wildman–Crippen MR) is 57.6 cm³/mol. The maximum absolute atomic E-state index is 9.22. The Morgan fingerprint density at radius 2 is 2.33 bits per heavy atom. The molecule has 1 aliphatic heterocycles. The highest BCUT2D eigenvalue weighted by Crippen LogP contribution is 2.25. The van der Waals surface area contributed by atoms with Gasteiger partial charge in [-0.1, -0.05) is 0 Å². The Bertz CT molecular complexity index is 330. The quantitative estimate of drug-likeness (QED) is 0.761. The van der Waals surface area contributed by atoms with Crippen LogP contribution in [0.1, 0.15) is 18.5 Å². The topological polar surface area (TPSA) is 56.6 Å². The standard InChI is InChI=1S/C11H16N2O2/c14-7-9-6-10(3-4-12-9)13-5-1-2-11(13)8-15/h3-4,6,11,14-15H,1-2,5,7-8H2. The van der Waals surface area contributed by atoms with Gasteiger partial charge < -0.3 is 15.1 Å². The molecule has 1 aromatic heterocycles. The van der Waals surface area contributed by atoms with E-state index in [0.717, 1.165) is 25.1 Å². The maximum atomic E-state index is 9.22. The Kier molecular flexibility index (Phi) is 3.18. The lowest BCUT2D eigenvalue weighted by atomic mass is 10.2. The smallest absolute Gasteiger partial charge is 0.0853 e. The molecule has 82 valence electrons. The van der Waals surface area contributed by atoms with Crippen LogP contribution in [0, 0.1) is 0 Å². The fourth-order valence-electron chi connectivity index (χ4n) is 2.10. The molecule has 0 aromatic carbocycles. The summed E-state index contributed by atoms with van der Waals surface area (Å²) in [5.41, 5.74) is 1.72. The van der Waals surface area contributed by atoms with E-state index in [1.807, 2.05) is 12.1 Å². The third-order valence-corrected chi connectivity index (χ3v) is 2.88. The molecule has 1 unspecified atom stereocenters. The summed E-state index contributed by atoms with van der Waals surface area (Å²) in [7, 11) is 0. The summed E-state index contributed by atoms with van der Waals surface area (Å²) in [5, 5.41) is 18.2. The molecule has 1 aromatic rings. The Hall–Kier alpha value is -1.13. The molecule has 2 heterocycles. The summed E-state index contributed by atoms with van der Waals surface area (Å²) in [6.45, 7) is 1.13. The number of rotatable bonds is 3. The fourth-order valence-corrected chi connectivity index (χ4v) is 2.10. The van der Waals surface area contributed by atoms with Gasteiger partial charge in [0.05, 0.1) is 24.9 Å². The third-order valence-electron chi connectivity index (χ3n) is 2.88. The fraction of sp³-hybridized carbons (Fsp3) is 0.545. The molecule has 1 aliphatic rings. The first-order valence-electron chi connectivity index (χ1n) is 5.28. The van der Waals surface area contributed by atoms with Crippen molar-refractivity contribution in [3.63, 3.8) is 0 Å². The van der Waals surface area contributed by atoms with Gasteiger partial charge in [0.1, 0.15) is 0 Å². The molecule has 15 heavy (non-hydrogen) atoms. The van der Waals surface area contributed by atoms with Crippen LogP contribution in [0.15, 0.2) is 18.3 Å². The molecule has 1 saturated heterocycles. The molecular formula is C11H16N2O2. The first-order chi connectivity index (χ1) is 7.35. The molecule has 0 amide bonds. The van der Waals surface area contributed by atoms with Crippen molar-refractivity contribution >= 4 is 5.69 Å². The van der Waals surface area contributed by atoms with Crippen LogP contribution < -0.4 is 4.90 Å². The Morgan fingerprint density at radius 1 is 1.47 bits per heavy atom. The highest BCUT2D eigenvalue weighted by Gasteiger charge is 2.23. The largest absolute Gasteiger partial charge is 0.394 e. The first kappa shape index (κ1) is 10.4. The van der Waals surface area contributed by atoms with Crippen molar-refractivity contribution in [2.24, 2.45) is 0 Å². The Morgan fingerprint density at radius 3 is 3.07 bits per heavy atom. The van der Waals surface area contributed by atoms with Crippen LogP contribution in [0.3, 0.4) is 0 Å². The zero-order valence-corrected chi connectivity index (χ0v) is 8.63. The molecule has 0 spiro atoms. The summed E-state index contributed by atoms with van der Waals surface area (Å²) < 4.78 is 0. The van der Waals surface area contributed by atoms with Gasteiger partial charge in [-0.05, 0) is 25.0 Å². The van der Waals surface area contributed by atoms with Crippen LogP contribution in [0.2, 0.25) is 0 Å². The molecule has 0 radical (unpaired) electrons.